The monoisotopic (exact) mass is 456 g/mol. The summed E-state index contributed by atoms with van der Waals surface area (Å²) in [6.45, 7) is 3.11. The van der Waals surface area contributed by atoms with Crippen LogP contribution in [0.25, 0.3) is 5.76 Å². The summed E-state index contributed by atoms with van der Waals surface area (Å²) in [6, 6.07) is 17.9. The Morgan fingerprint density at radius 1 is 1.00 bits per heavy atom. The number of likely N-dealkylation sites (N-methyl/N-ethyl adjacent to an activating group) is 1. The molecule has 7 heteroatoms. The fourth-order valence-electron chi connectivity index (χ4n) is 4.58. The average Bonchev–Trinajstić information content (AvgIpc) is 3.09. The Bertz CT molecular complexity index is 1350. The summed E-state index contributed by atoms with van der Waals surface area (Å²) < 4.78 is 5.69. The van der Waals surface area contributed by atoms with Crippen LogP contribution in [0.5, 0.6) is 11.5 Å². The third kappa shape index (κ3) is 3.46. The number of para-hydroxylation sites is 1. The van der Waals surface area contributed by atoms with Gasteiger partial charge < -0.3 is 19.8 Å². The number of rotatable bonds is 3. The number of aliphatic hydroxyl groups excluding tert-OH is 1. The summed E-state index contributed by atoms with van der Waals surface area (Å²) in [4.78, 5) is 30.0. The maximum atomic E-state index is 13.3. The Morgan fingerprint density at radius 2 is 1.79 bits per heavy atom. The smallest absolute Gasteiger partial charge is 0.300 e. The van der Waals surface area contributed by atoms with Crippen molar-refractivity contribution in [3.05, 3.63) is 89.0 Å². The van der Waals surface area contributed by atoms with Crippen LogP contribution in [0.1, 0.15) is 22.7 Å². The molecule has 0 aliphatic carbocycles. The van der Waals surface area contributed by atoms with E-state index in [9.17, 15) is 19.8 Å². The highest BCUT2D eigenvalue weighted by atomic mass is 16.5. The summed E-state index contributed by atoms with van der Waals surface area (Å²) >= 11 is 0. The van der Waals surface area contributed by atoms with E-state index < -0.39 is 17.7 Å². The summed E-state index contributed by atoms with van der Waals surface area (Å²) in [5.74, 6) is -1.10. The van der Waals surface area contributed by atoms with Gasteiger partial charge in [-0.3, -0.25) is 14.5 Å². The first-order chi connectivity index (χ1) is 16.4. The minimum atomic E-state index is -0.904. The number of ether oxygens (including phenoxy) is 1. The fraction of sp³-hybridized carbons (Fsp3) is 0.185. The van der Waals surface area contributed by atoms with Crippen molar-refractivity contribution in [3.63, 3.8) is 0 Å². The number of aliphatic hydroxyl groups is 1. The summed E-state index contributed by atoms with van der Waals surface area (Å²) in [5.41, 5.74) is 3.06. The molecule has 0 bridgehead atoms. The van der Waals surface area contributed by atoms with Gasteiger partial charge >= 0.3 is 0 Å². The second kappa shape index (κ2) is 8.26. The molecule has 1 atom stereocenters. The largest absolute Gasteiger partial charge is 0.508 e. The number of benzene rings is 3. The highest BCUT2D eigenvalue weighted by Gasteiger charge is 2.47. The SMILES string of the molecule is Cc1ccccc1N1C(=O)C(=O)/C(=C(\O)c2ccc3c(c2)N(C)CCO3)C1c1cccc(O)c1. The molecule has 1 saturated heterocycles. The maximum Gasteiger partial charge on any atom is 0.300 e. The van der Waals surface area contributed by atoms with E-state index >= 15 is 0 Å². The van der Waals surface area contributed by atoms with Crippen LogP contribution in [0.4, 0.5) is 11.4 Å². The Morgan fingerprint density at radius 3 is 2.56 bits per heavy atom. The van der Waals surface area contributed by atoms with Crippen molar-refractivity contribution in [2.45, 2.75) is 13.0 Å². The fourth-order valence-corrected chi connectivity index (χ4v) is 4.58. The predicted octanol–water partition coefficient (Wildman–Crippen LogP) is 4.16. The van der Waals surface area contributed by atoms with Gasteiger partial charge in [0.05, 0.1) is 23.8 Å². The number of ketones is 1. The molecule has 0 radical (unpaired) electrons. The molecule has 0 aromatic heterocycles. The van der Waals surface area contributed by atoms with Crippen molar-refractivity contribution < 1.29 is 24.5 Å². The minimum Gasteiger partial charge on any atom is -0.508 e. The van der Waals surface area contributed by atoms with Gasteiger partial charge in [0, 0.05) is 18.3 Å². The summed E-state index contributed by atoms with van der Waals surface area (Å²) in [6.07, 6.45) is 0. The lowest BCUT2D eigenvalue weighted by Crippen LogP contribution is -2.30. The van der Waals surface area contributed by atoms with Gasteiger partial charge in [-0.1, -0.05) is 30.3 Å². The van der Waals surface area contributed by atoms with E-state index in [2.05, 4.69) is 0 Å². The number of hydrogen-bond donors (Lipinski definition) is 2. The maximum absolute atomic E-state index is 13.3. The lowest BCUT2D eigenvalue weighted by atomic mass is 9.94. The normalized spacial score (nSPS) is 19.2. The average molecular weight is 456 g/mol. The van der Waals surface area contributed by atoms with Gasteiger partial charge in [0.15, 0.2) is 0 Å². The zero-order valence-corrected chi connectivity index (χ0v) is 18.9. The third-order valence-corrected chi connectivity index (χ3v) is 6.33. The number of carbonyl (C=O) groups is 2. The zero-order valence-electron chi connectivity index (χ0n) is 18.9. The molecule has 1 fully saturated rings. The van der Waals surface area contributed by atoms with Crippen LogP contribution in [0, 0.1) is 6.92 Å². The van der Waals surface area contributed by atoms with Gasteiger partial charge in [0.25, 0.3) is 11.7 Å². The van der Waals surface area contributed by atoms with Crippen LogP contribution in [-0.4, -0.2) is 42.1 Å². The second-order valence-corrected chi connectivity index (χ2v) is 8.50. The number of phenolic OH excluding ortho intramolecular Hbond substituents is 1. The number of aryl methyl sites for hydroxylation is 1. The first kappa shape index (κ1) is 21.6. The van der Waals surface area contributed by atoms with Gasteiger partial charge in [-0.05, 0) is 54.4 Å². The van der Waals surface area contributed by atoms with Gasteiger partial charge in [0.1, 0.15) is 23.9 Å². The molecule has 1 amide bonds. The van der Waals surface area contributed by atoms with Gasteiger partial charge in [-0.2, -0.15) is 0 Å². The zero-order chi connectivity index (χ0) is 24.0. The van der Waals surface area contributed by atoms with E-state index in [1.807, 2.05) is 31.0 Å². The molecule has 34 heavy (non-hydrogen) atoms. The van der Waals surface area contributed by atoms with E-state index in [0.29, 0.717) is 35.7 Å². The number of carbonyl (C=O) groups excluding carboxylic acids is 2. The van der Waals surface area contributed by atoms with Crippen molar-refractivity contribution in [2.75, 3.05) is 30.0 Å². The summed E-state index contributed by atoms with van der Waals surface area (Å²) in [5, 5.41) is 21.5. The van der Waals surface area contributed by atoms with Crippen LogP contribution < -0.4 is 14.5 Å². The number of amides is 1. The molecule has 7 nitrogen and oxygen atoms in total. The topological polar surface area (TPSA) is 90.3 Å². The second-order valence-electron chi connectivity index (χ2n) is 8.50. The van der Waals surface area contributed by atoms with Gasteiger partial charge in [-0.15, -0.1) is 0 Å². The lowest BCUT2D eigenvalue weighted by Gasteiger charge is -2.28. The van der Waals surface area contributed by atoms with E-state index in [1.54, 1.807) is 42.5 Å². The van der Waals surface area contributed by atoms with Crippen molar-refractivity contribution >= 4 is 28.8 Å². The minimum absolute atomic E-state index is 0.000394. The van der Waals surface area contributed by atoms with Crippen LogP contribution in [-0.2, 0) is 9.59 Å². The van der Waals surface area contributed by atoms with E-state index in [-0.39, 0.29) is 17.1 Å². The highest BCUT2D eigenvalue weighted by Crippen LogP contribution is 2.44. The van der Waals surface area contributed by atoms with E-state index in [0.717, 1.165) is 11.3 Å². The molecule has 2 heterocycles. The first-order valence-corrected chi connectivity index (χ1v) is 11.0. The number of nitrogens with zero attached hydrogens (tertiary/aromatic N) is 2. The van der Waals surface area contributed by atoms with Crippen molar-refractivity contribution in [2.24, 2.45) is 0 Å². The molecule has 172 valence electrons. The highest BCUT2D eigenvalue weighted by molar-refractivity contribution is 6.51. The standard InChI is InChI=1S/C27H24N2O5/c1-16-6-3-4-9-20(16)29-24(17-7-5-8-19(30)14-17)23(26(32)27(29)33)25(31)18-10-11-22-21(15-18)28(2)12-13-34-22/h3-11,14-15,24,30-31H,12-13H2,1-2H3/b25-23-. The van der Waals surface area contributed by atoms with Crippen molar-refractivity contribution in [1.29, 1.82) is 0 Å². The Hall–Kier alpha value is -4.26. The number of phenols is 1. The molecule has 2 aliphatic rings. The molecule has 5 rings (SSSR count). The Kier molecular flexibility index (Phi) is 5.24. The van der Waals surface area contributed by atoms with Gasteiger partial charge in [-0.25, -0.2) is 0 Å². The third-order valence-electron chi connectivity index (χ3n) is 6.33. The van der Waals surface area contributed by atoms with Crippen LogP contribution >= 0.6 is 0 Å². The van der Waals surface area contributed by atoms with Crippen LogP contribution in [0.2, 0.25) is 0 Å². The van der Waals surface area contributed by atoms with Crippen molar-refractivity contribution in [1.82, 2.24) is 0 Å². The predicted molar refractivity (Wildman–Crippen MR) is 129 cm³/mol. The number of fused-ring (bicyclic) bond motifs is 1. The van der Waals surface area contributed by atoms with E-state index in [4.69, 9.17) is 4.74 Å². The number of aromatic hydroxyl groups is 1. The lowest BCUT2D eigenvalue weighted by molar-refractivity contribution is -0.132. The molecular formula is C27H24N2O5. The molecule has 0 saturated carbocycles. The Labute approximate surface area is 197 Å². The number of Topliss-reactive ketones (excluding diaryl/α,β-unsaturated/α-hetero) is 1. The number of anilines is 2. The first-order valence-electron chi connectivity index (χ1n) is 11.0. The van der Waals surface area contributed by atoms with Crippen molar-refractivity contribution in [3.8, 4) is 11.5 Å². The Balaban J connectivity index is 1.72. The molecule has 2 aliphatic heterocycles. The number of hydrogen-bond acceptors (Lipinski definition) is 6. The molecule has 3 aromatic carbocycles. The molecular weight excluding hydrogens is 432 g/mol. The molecule has 2 N–H and O–H groups in total. The van der Waals surface area contributed by atoms with E-state index in [1.165, 1.54) is 17.0 Å². The molecule has 0 spiro atoms. The quantitative estimate of drug-likeness (QED) is 0.350. The van der Waals surface area contributed by atoms with Gasteiger partial charge in [0.2, 0.25) is 0 Å². The van der Waals surface area contributed by atoms with Crippen LogP contribution in [0.15, 0.2) is 72.3 Å². The molecule has 1 unspecified atom stereocenters. The van der Waals surface area contributed by atoms with Crippen LogP contribution in [0.3, 0.4) is 0 Å². The summed E-state index contributed by atoms with van der Waals surface area (Å²) in [7, 11) is 1.93. The molecule has 3 aromatic rings.